The second-order valence-corrected chi connectivity index (χ2v) is 3.95. The van der Waals surface area contributed by atoms with Crippen LogP contribution in [0.1, 0.15) is 36.8 Å². The van der Waals surface area contributed by atoms with E-state index in [2.05, 4.69) is 6.92 Å². The van der Waals surface area contributed by atoms with Gasteiger partial charge in [0.2, 0.25) is 6.36 Å². The largest absolute Gasteiger partial charge is 0.461 e. The van der Waals surface area contributed by atoms with Crippen LogP contribution in [0.4, 0.5) is 4.39 Å². The number of ether oxygens (including phenoxy) is 1. The van der Waals surface area contributed by atoms with Crippen molar-refractivity contribution >= 4 is 0 Å². The third-order valence-corrected chi connectivity index (χ3v) is 2.57. The van der Waals surface area contributed by atoms with E-state index in [-0.39, 0.29) is 0 Å². The summed E-state index contributed by atoms with van der Waals surface area (Å²) in [5.41, 5.74) is 2.61. The molecule has 1 aromatic rings. The molecule has 1 fully saturated rings. The molecule has 0 bridgehead atoms. The van der Waals surface area contributed by atoms with Gasteiger partial charge < -0.3 is 4.74 Å². The van der Waals surface area contributed by atoms with Crippen LogP contribution in [0.5, 0.6) is 5.75 Å². The molecule has 2 heteroatoms. The van der Waals surface area contributed by atoms with Gasteiger partial charge in [-0.3, -0.25) is 0 Å². The topological polar surface area (TPSA) is 9.23 Å². The Morgan fingerprint density at radius 2 is 2.14 bits per heavy atom. The van der Waals surface area contributed by atoms with Crippen LogP contribution >= 0.6 is 0 Å². The van der Waals surface area contributed by atoms with Gasteiger partial charge in [0, 0.05) is 6.92 Å². The molecule has 0 aromatic heterocycles. The molecule has 0 spiro atoms. The number of alkyl halides is 1. The predicted molar refractivity (Wildman–Crippen MR) is 54.4 cm³/mol. The first-order chi connectivity index (χ1) is 6.66. The first-order valence-corrected chi connectivity index (χ1v) is 5.08. The van der Waals surface area contributed by atoms with Crippen LogP contribution in [0.15, 0.2) is 18.2 Å². The lowest BCUT2D eigenvalue weighted by molar-refractivity contribution is 0.0859. The average Bonchev–Trinajstić information content (AvgIpc) is 2.90. The standard InChI is InChI=1S/C12H15FO/c1-8-3-6-11(14-9(2)13)7-12(8)10-4-5-10/h3,6-7,9-10H,4-5H2,1-2H3. The lowest BCUT2D eigenvalue weighted by atomic mass is 10.0. The predicted octanol–water partition coefficient (Wildman–Crippen LogP) is 3.57. The Hall–Kier alpha value is -1.05. The Morgan fingerprint density at radius 1 is 1.43 bits per heavy atom. The highest BCUT2D eigenvalue weighted by molar-refractivity contribution is 5.39. The van der Waals surface area contributed by atoms with Crippen molar-refractivity contribution in [3.63, 3.8) is 0 Å². The van der Waals surface area contributed by atoms with Crippen molar-refractivity contribution < 1.29 is 9.13 Å². The summed E-state index contributed by atoms with van der Waals surface area (Å²) in [6.45, 7) is 3.49. The minimum absolute atomic E-state index is 0.646. The molecule has 0 aliphatic heterocycles. The maximum atomic E-state index is 12.6. The molecule has 0 heterocycles. The first-order valence-electron chi connectivity index (χ1n) is 5.08. The van der Waals surface area contributed by atoms with Gasteiger partial charge in [0.15, 0.2) is 0 Å². The molecular weight excluding hydrogens is 179 g/mol. The van der Waals surface area contributed by atoms with E-state index in [0.29, 0.717) is 11.7 Å². The molecule has 76 valence electrons. The van der Waals surface area contributed by atoms with Crippen molar-refractivity contribution in [2.24, 2.45) is 0 Å². The Bertz CT molecular complexity index is 329. The summed E-state index contributed by atoms with van der Waals surface area (Å²) in [5, 5.41) is 0. The third kappa shape index (κ3) is 2.06. The van der Waals surface area contributed by atoms with Crippen molar-refractivity contribution in [3.05, 3.63) is 29.3 Å². The Balaban J connectivity index is 2.21. The zero-order valence-corrected chi connectivity index (χ0v) is 8.59. The van der Waals surface area contributed by atoms with E-state index in [1.165, 1.54) is 30.9 Å². The first kappa shape index (κ1) is 9.50. The molecule has 1 nitrogen and oxygen atoms in total. The number of hydrogen-bond donors (Lipinski definition) is 0. The van der Waals surface area contributed by atoms with Crippen LogP contribution in [0.2, 0.25) is 0 Å². The number of aryl methyl sites for hydroxylation is 1. The number of rotatable bonds is 3. The highest BCUT2D eigenvalue weighted by atomic mass is 19.1. The summed E-state index contributed by atoms with van der Waals surface area (Å²) in [4.78, 5) is 0. The second kappa shape index (κ2) is 3.60. The monoisotopic (exact) mass is 194 g/mol. The summed E-state index contributed by atoms with van der Waals surface area (Å²) < 4.78 is 17.6. The molecular formula is C12H15FO. The fourth-order valence-corrected chi connectivity index (χ4v) is 1.71. The van der Waals surface area contributed by atoms with E-state index in [4.69, 9.17) is 4.74 Å². The Kier molecular flexibility index (Phi) is 2.44. The van der Waals surface area contributed by atoms with Gasteiger partial charge in [0.05, 0.1) is 0 Å². The van der Waals surface area contributed by atoms with Crippen LogP contribution in [-0.2, 0) is 0 Å². The van der Waals surface area contributed by atoms with Crippen molar-refractivity contribution in [2.45, 2.75) is 39.0 Å². The van der Waals surface area contributed by atoms with Gasteiger partial charge in [-0.1, -0.05) is 6.07 Å². The summed E-state index contributed by atoms with van der Waals surface area (Å²) in [5.74, 6) is 1.33. The van der Waals surface area contributed by atoms with Crippen LogP contribution < -0.4 is 4.74 Å². The molecule has 0 N–H and O–H groups in total. The summed E-state index contributed by atoms with van der Waals surface area (Å²) in [7, 11) is 0. The lowest BCUT2D eigenvalue weighted by Gasteiger charge is -2.10. The quantitative estimate of drug-likeness (QED) is 0.714. The van der Waals surface area contributed by atoms with Crippen molar-refractivity contribution in [3.8, 4) is 5.75 Å². The molecule has 1 atom stereocenters. The van der Waals surface area contributed by atoms with E-state index in [9.17, 15) is 4.39 Å². The lowest BCUT2D eigenvalue weighted by Crippen LogP contribution is -2.04. The van der Waals surface area contributed by atoms with E-state index in [0.717, 1.165) is 0 Å². The minimum atomic E-state index is -1.23. The Morgan fingerprint density at radius 3 is 2.71 bits per heavy atom. The maximum Gasteiger partial charge on any atom is 0.235 e. The van der Waals surface area contributed by atoms with Gasteiger partial charge in [-0.15, -0.1) is 0 Å². The summed E-state index contributed by atoms with van der Waals surface area (Å²) in [6.07, 6.45) is 1.29. The second-order valence-electron chi connectivity index (χ2n) is 3.95. The van der Waals surface area contributed by atoms with E-state index in [1.54, 1.807) is 0 Å². The molecule has 1 aliphatic rings. The summed E-state index contributed by atoms with van der Waals surface area (Å²) >= 11 is 0. The van der Waals surface area contributed by atoms with Gasteiger partial charge in [0.1, 0.15) is 5.75 Å². The van der Waals surface area contributed by atoms with Crippen molar-refractivity contribution in [1.29, 1.82) is 0 Å². The SMILES string of the molecule is Cc1ccc(OC(C)F)cc1C1CC1. The molecule has 1 aromatic carbocycles. The zero-order valence-electron chi connectivity index (χ0n) is 8.59. The Labute approximate surface area is 83.9 Å². The average molecular weight is 194 g/mol. The van der Waals surface area contributed by atoms with Crippen molar-refractivity contribution in [1.82, 2.24) is 0 Å². The fraction of sp³-hybridized carbons (Fsp3) is 0.500. The highest BCUT2D eigenvalue weighted by Crippen LogP contribution is 2.42. The number of hydrogen-bond acceptors (Lipinski definition) is 1. The van der Waals surface area contributed by atoms with E-state index < -0.39 is 6.36 Å². The summed E-state index contributed by atoms with van der Waals surface area (Å²) in [6, 6.07) is 5.81. The van der Waals surface area contributed by atoms with Crippen LogP contribution in [0.25, 0.3) is 0 Å². The molecule has 2 rings (SSSR count). The van der Waals surface area contributed by atoms with Gasteiger partial charge in [0.25, 0.3) is 0 Å². The van der Waals surface area contributed by atoms with Gasteiger partial charge in [-0.05, 0) is 48.9 Å². The number of halogens is 1. The van der Waals surface area contributed by atoms with Crippen LogP contribution in [0, 0.1) is 6.92 Å². The molecule has 1 unspecified atom stereocenters. The smallest absolute Gasteiger partial charge is 0.235 e. The molecule has 0 saturated heterocycles. The van der Waals surface area contributed by atoms with Crippen LogP contribution in [-0.4, -0.2) is 6.36 Å². The van der Waals surface area contributed by atoms with Gasteiger partial charge in [-0.2, -0.15) is 0 Å². The number of benzene rings is 1. The highest BCUT2D eigenvalue weighted by Gasteiger charge is 2.25. The third-order valence-electron chi connectivity index (χ3n) is 2.57. The molecule has 14 heavy (non-hydrogen) atoms. The van der Waals surface area contributed by atoms with E-state index >= 15 is 0 Å². The van der Waals surface area contributed by atoms with Crippen molar-refractivity contribution in [2.75, 3.05) is 0 Å². The zero-order chi connectivity index (χ0) is 10.1. The minimum Gasteiger partial charge on any atom is -0.461 e. The molecule has 0 amide bonds. The van der Waals surface area contributed by atoms with Crippen LogP contribution in [0.3, 0.4) is 0 Å². The normalized spacial score (nSPS) is 17.9. The molecule has 1 saturated carbocycles. The fourth-order valence-electron chi connectivity index (χ4n) is 1.71. The maximum absolute atomic E-state index is 12.6. The molecule has 1 aliphatic carbocycles. The van der Waals surface area contributed by atoms with Gasteiger partial charge >= 0.3 is 0 Å². The van der Waals surface area contributed by atoms with Gasteiger partial charge in [-0.25, -0.2) is 4.39 Å². The molecule has 0 radical (unpaired) electrons. The van der Waals surface area contributed by atoms with E-state index in [1.807, 2.05) is 18.2 Å².